The molecule has 0 N–H and O–H groups in total. The number of hydrogen-bond donors (Lipinski definition) is 0. The number of hydrogen-bond acceptors (Lipinski definition) is 4. The topological polar surface area (TPSA) is 46.6 Å². The molecule has 2 aromatic carbocycles. The number of carbonyl (C=O) groups is 2. The summed E-state index contributed by atoms with van der Waals surface area (Å²) >= 11 is 1.58. The van der Waals surface area contributed by atoms with Crippen molar-refractivity contribution >= 4 is 23.6 Å². The predicted octanol–water partition coefficient (Wildman–Crippen LogP) is 2.99. The second-order valence-corrected chi connectivity index (χ2v) is 6.56. The Kier molecular flexibility index (Phi) is 5.54. The van der Waals surface area contributed by atoms with Crippen LogP contribution in [0.1, 0.15) is 15.9 Å². The van der Waals surface area contributed by atoms with Crippen molar-refractivity contribution < 1.29 is 14.3 Å². The lowest BCUT2D eigenvalue weighted by Crippen LogP contribution is -2.42. The van der Waals surface area contributed by atoms with Crippen LogP contribution in [0.2, 0.25) is 0 Å². The van der Waals surface area contributed by atoms with Gasteiger partial charge in [-0.3, -0.25) is 4.79 Å². The summed E-state index contributed by atoms with van der Waals surface area (Å²) in [5, 5.41) is 0. The van der Waals surface area contributed by atoms with Gasteiger partial charge < -0.3 is 9.64 Å². The fraction of sp³-hybridized carbons (Fsp3) is 0.263. The van der Waals surface area contributed by atoms with Crippen LogP contribution in [0.25, 0.3) is 0 Å². The number of ether oxygens (including phenoxy) is 1. The Bertz CT molecular complexity index is 690. The molecule has 0 saturated carbocycles. The van der Waals surface area contributed by atoms with E-state index in [2.05, 4.69) is 0 Å². The van der Waals surface area contributed by atoms with Crippen LogP contribution >= 0.6 is 11.8 Å². The maximum absolute atomic E-state index is 12.6. The average Bonchev–Trinajstić information content (AvgIpc) is 3.12. The standard InChI is InChI=1S/C19H19NO3S/c21-18(16-9-5-2-6-10-16)20-14-24-13-17(20)19(22)23-12-11-15-7-3-1-4-8-15/h1-10,17H,11-14H2/t17-/m0/s1. The number of nitrogens with zero attached hydrogens (tertiary/aromatic N) is 1. The summed E-state index contributed by atoms with van der Waals surface area (Å²) in [4.78, 5) is 26.5. The third-order valence-electron chi connectivity index (χ3n) is 3.91. The molecule has 1 aliphatic rings. The number of thioether (sulfide) groups is 1. The van der Waals surface area contributed by atoms with Crippen LogP contribution in [0.15, 0.2) is 60.7 Å². The van der Waals surface area contributed by atoms with E-state index in [1.807, 2.05) is 48.5 Å². The van der Waals surface area contributed by atoms with Crippen LogP contribution in [-0.2, 0) is 16.0 Å². The van der Waals surface area contributed by atoms with Gasteiger partial charge in [-0.25, -0.2) is 4.79 Å². The van der Waals surface area contributed by atoms with Crippen molar-refractivity contribution in [2.45, 2.75) is 12.5 Å². The van der Waals surface area contributed by atoms with E-state index in [0.29, 0.717) is 30.2 Å². The molecule has 5 heteroatoms. The number of amides is 1. The van der Waals surface area contributed by atoms with Gasteiger partial charge in [0.1, 0.15) is 6.04 Å². The number of rotatable bonds is 5. The first kappa shape index (κ1) is 16.6. The highest BCUT2D eigenvalue weighted by Gasteiger charge is 2.36. The van der Waals surface area contributed by atoms with Gasteiger partial charge in [-0.05, 0) is 17.7 Å². The van der Waals surface area contributed by atoms with Crippen LogP contribution < -0.4 is 0 Å². The van der Waals surface area contributed by atoms with Crippen molar-refractivity contribution in [1.29, 1.82) is 0 Å². The van der Waals surface area contributed by atoms with Gasteiger partial charge in [-0.1, -0.05) is 48.5 Å². The van der Waals surface area contributed by atoms with Crippen LogP contribution in [0, 0.1) is 0 Å². The van der Waals surface area contributed by atoms with Gasteiger partial charge in [0.2, 0.25) is 0 Å². The van der Waals surface area contributed by atoms with Gasteiger partial charge in [0.05, 0.1) is 12.5 Å². The third kappa shape index (κ3) is 3.97. The zero-order chi connectivity index (χ0) is 16.8. The molecule has 2 aromatic rings. The van der Waals surface area contributed by atoms with Crippen molar-refractivity contribution in [3.63, 3.8) is 0 Å². The molecule has 1 aliphatic heterocycles. The summed E-state index contributed by atoms with van der Waals surface area (Å²) in [5.74, 6) is 0.667. The van der Waals surface area contributed by atoms with E-state index in [1.165, 1.54) is 0 Å². The quantitative estimate of drug-likeness (QED) is 0.785. The molecule has 0 aliphatic carbocycles. The minimum Gasteiger partial charge on any atom is -0.464 e. The van der Waals surface area contributed by atoms with E-state index in [1.54, 1.807) is 28.8 Å². The second kappa shape index (κ2) is 8.02. The van der Waals surface area contributed by atoms with E-state index in [-0.39, 0.29) is 11.9 Å². The Morgan fingerprint density at radius 1 is 1.04 bits per heavy atom. The summed E-state index contributed by atoms with van der Waals surface area (Å²) in [6.45, 7) is 0.331. The van der Waals surface area contributed by atoms with Crippen LogP contribution in [0.3, 0.4) is 0 Å². The van der Waals surface area contributed by atoms with Crippen LogP contribution in [0.5, 0.6) is 0 Å². The lowest BCUT2D eigenvalue weighted by atomic mass is 10.1. The summed E-state index contributed by atoms with van der Waals surface area (Å²) in [6.07, 6.45) is 0.680. The first-order valence-electron chi connectivity index (χ1n) is 7.90. The molecule has 0 radical (unpaired) electrons. The summed E-state index contributed by atoms with van der Waals surface area (Å²) in [5.41, 5.74) is 1.73. The molecule has 0 aromatic heterocycles. The van der Waals surface area contributed by atoms with Gasteiger partial charge in [-0.2, -0.15) is 0 Å². The first-order valence-corrected chi connectivity index (χ1v) is 9.05. The normalized spacial score (nSPS) is 16.8. The van der Waals surface area contributed by atoms with Crippen LogP contribution in [0.4, 0.5) is 0 Å². The Hall–Kier alpha value is -2.27. The molecular formula is C19H19NO3S. The Balaban J connectivity index is 1.56. The summed E-state index contributed by atoms with van der Waals surface area (Å²) < 4.78 is 5.40. The van der Waals surface area contributed by atoms with Gasteiger partial charge in [0.15, 0.2) is 0 Å². The Morgan fingerprint density at radius 3 is 2.42 bits per heavy atom. The lowest BCUT2D eigenvalue weighted by Gasteiger charge is -2.22. The fourth-order valence-electron chi connectivity index (χ4n) is 2.59. The Morgan fingerprint density at radius 2 is 1.71 bits per heavy atom. The van der Waals surface area contributed by atoms with Crippen molar-refractivity contribution in [1.82, 2.24) is 4.90 Å². The molecule has 1 heterocycles. The molecule has 0 unspecified atom stereocenters. The molecule has 0 bridgehead atoms. The van der Waals surface area contributed by atoms with Crippen molar-refractivity contribution in [2.24, 2.45) is 0 Å². The molecule has 4 nitrogen and oxygen atoms in total. The van der Waals surface area contributed by atoms with E-state index in [9.17, 15) is 9.59 Å². The van der Waals surface area contributed by atoms with Gasteiger partial charge in [-0.15, -0.1) is 11.8 Å². The summed E-state index contributed by atoms with van der Waals surface area (Å²) in [6, 6.07) is 18.4. The molecule has 1 fully saturated rings. The van der Waals surface area contributed by atoms with Crippen molar-refractivity contribution in [3.8, 4) is 0 Å². The highest BCUT2D eigenvalue weighted by atomic mass is 32.2. The second-order valence-electron chi connectivity index (χ2n) is 5.56. The predicted molar refractivity (Wildman–Crippen MR) is 94.8 cm³/mol. The molecule has 1 atom stereocenters. The third-order valence-corrected chi connectivity index (χ3v) is 4.93. The monoisotopic (exact) mass is 341 g/mol. The molecule has 1 amide bonds. The number of benzene rings is 2. The smallest absolute Gasteiger partial charge is 0.329 e. The average molecular weight is 341 g/mol. The SMILES string of the molecule is O=C(OCCc1ccccc1)[C@@H]1CSCN1C(=O)c1ccccc1. The summed E-state index contributed by atoms with van der Waals surface area (Å²) in [7, 11) is 0. The van der Waals surface area contributed by atoms with Gasteiger partial charge >= 0.3 is 5.97 Å². The van der Waals surface area contributed by atoms with Crippen molar-refractivity contribution in [3.05, 3.63) is 71.8 Å². The van der Waals surface area contributed by atoms with E-state index < -0.39 is 6.04 Å². The van der Waals surface area contributed by atoms with Crippen LogP contribution in [-0.4, -0.2) is 41.1 Å². The molecule has 24 heavy (non-hydrogen) atoms. The first-order chi connectivity index (χ1) is 11.8. The van der Waals surface area contributed by atoms with E-state index in [0.717, 1.165) is 5.56 Å². The maximum atomic E-state index is 12.6. The lowest BCUT2D eigenvalue weighted by molar-refractivity contribution is -0.147. The van der Waals surface area contributed by atoms with E-state index >= 15 is 0 Å². The minimum atomic E-state index is -0.501. The minimum absolute atomic E-state index is 0.120. The molecule has 0 spiro atoms. The number of carbonyl (C=O) groups excluding carboxylic acids is 2. The molecular weight excluding hydrogens is 322 g/mol. The Labute approximate surface area is 145 Å². The highest BCUT2D eigenvalue weighted by Crippen LogP contribution is 2.24. The molecule has 1 saturated heterocycles. The maximum Gasteiger partial charge on any atom is 0.329 e. The molecule has 3 rings (SSSR count). The van der Waals surface area contributed by atoms with Crippen molar-refractivity contribution in [2.75, 3.05) is 18.2 Å². The van der Waals surface area contributed by atoms with Gasteiger partial charge in [0, 0.05) is 17.7 Å². The molecule has 124 valence electrons. The zero-order valence-electron chi connectivity index (χ0n) is 13.3. The zero-order valence-corrected chi connectivity index (χ0v) is 14.1. The fourth-order valence-corrected chi connectivity index (χ4v) is 3.73. The number of esters is 1. The van der Waals surface area contributed by atoms with Gasteiger partial charge in [0.25, 0.3) is 5.91 Å². The largest absolute Gasteiger partial charge is 0.464 e. The van der Waals surface area contributed by atoms with E-state index in [4.69, 9.17) is 4.74 Å². The highest BCUT2D eigenvalue weighted by molar-refractivity contribution is 7.99.